The maximum absolute atomic E-state index is 12.8. The van der Waals surface area contributed by atoms with Crippen molar-refractivity contribution in [2.75, 3.05) is 6.54 Å². The summed E-state index contributed by atoms with van der Waals surface area (Å²) in [6.45, 7) is 1.03. The lowest BCUT2D eigenvalue weighted by Crippen LogP contribution is -2.44. The molecule has 0 aliphatic carbocycles. The van der Waals surface area contributed by atoms with Crippen LogP contribution in [0.15, 0.2) is 60.7 Å². The van der Waals surface area contributed by atoms with E-state index in [1.165, 1.54) is 5.56 Å². The number of nitrogens with zero attached hydrogens (tertiary/aromatic N) is 1. The van der Waals surface area contributed by atoms with E-state index in [2.05, 4.69) is 5.32 Å². The Morgan fingerprint density at radius 3 is 2.21 bits per heavy atom. The summed E-state index contributed by atoms with van der Waals surface area (Å²) in [5.41, 5.74) is 2.26. The van der Waals surface area contributed by atoms with Crippen LogP contribution in [-0.2, 0) is 22.6 Å². The number of carbonyl (C=O) groups is 2. The molecule has 124 valence electrons. The van der Waals surface area contributed by atoms with Gasteiger partial charge in [-0.1, -0.05) is 60.7 Å². The zero-order chi connectivity index (χ0) is 16.8. The summed E-state index contributed by atoms with van der Waals surface area (Å²) < 4.78 is 0. The van der Waals surface area contributed by atoms with Gasteiger partial charge in [0.15, 0.2) is 0 Å². The molecule has 4 heteroatoms. The fourth-order valence-electron chi connectivity index (χ4n) is 3.01. The number of carbonyl (C=O) groups excluding carboxylic acids is 2. The van der Waals surface area contributed by atoms with Crippen LogP contribution in [0.4, 0.5) is 0 Å². The first-order valence-corrected chi connectivity index (χ1v) is 8.38. The van der Waals surface area contributed by atoms with Crippen LogP contribution >= 0.6 is 0 Å². The van der Waals surface area contributed by atoms with E-state index in [-0.39, 0.29) is 11.8 Å². The molecule has 0 saturated carbocycles. The van der Waals surface area contributed by atoms with Gasteiger partial charge in [0, 0.05) is 19.5 Å². The standard InChI is InChI=1S/C20H22N2O2/c23-19-13-14-22(15-17-9-5-2-6-10-17)20(24)18(21-19)12-11-16-7-3-1-4-8-16/h1-10,18H,11-15H2,(H,21,23)/t18-/m1/s1. The molecule has 2 amide bonds. The average Bonchev–Trinajstić information content (AvgIpc) is 2.75. The molecular formula is C20H22N2O2. The highest BCUT2D eigenvalue weighted by Crippen LogP contribution is 2.13. The van der Waals surface area contributed by atoms with Gasteiger partial charge in [0.05, 0.1) is 0 Å². The summed E-state index contributed by atoms with van der Waals surface area (Å²) in [6.07, 6.45) is 1.76. The van der Waals surface area contributed by atoms with Crippen molar-refractivity contribution >= 4 is 11.8 Å². The lowest BCUT2D eigenvalue weighted by Gasteiger charge is -2.24. The van der Waals surface area contributed by atoms with Crippen LogP contribution < -0.4 is 5.32 Å². The summed E-state index contributed by atoms with van der Waals surface area (Å²) in [4.78, 5) is 26.6. The van der Waals surface area contributed by atoms with Gasteiger partial charge in [-0.2, -0.15) is 0 Å². The molecule has 2 aromatic rings. The zero-order valence-corrected chi connectivity index (χ0v) is 13.7. The minimum atomic E-state index is -0.441. The first-order chi connectivity index (χ1) is 11.7. The van der Waals surface area contributed by atoms with E-state index in [4.69, 9.17) is 0 Å². The largest absolute Gasteiger partial charge is 0.344 e. The molecule has 0 spiro atoms. The summed E-state index contributed by atoms with van der Waals surface area (Å²) in [5.74, 6) is -0.0300. The van der Waals surface area contributed by atoms with E-state index in [0.717, 1.165) is 12.0 Å². The summed E-state index contributed by atoms with van der Waals surface area (Å²) >= 11 is 0. The molecule has 4 nitrogen and oxygen atoms in total. The maximum Gasteiger partial charge on any atom is 0.245 e. The van der Waals surface area contributed by atoms with E-state index < -0.39 is 6.04 Å². The monoisotopic (exact) mass is 322 g/mol. The van der Waals surface area contributed by atoms with Crippen LogP contribution in [0.25, 0.3) is 0 Å². The molecule has 1 N–H and O–H groups in total. The molecular weight excluding hydrogens is 300 g/mol. The first-order valence-electron chi connectivity index (χ1n) is 8.38. The number of rotatable bonds is 5. The Bertz CT molecular complexity index is 685. The normalized spacial score (nSPS) is 18.2. The third-order valence-electron chi connectivity index (χ3n) is 4.33. The summed E-state index contributed by atoms with van der Waals surface area (Å²) in [5, 5.41) is 2.88. The molecule has 0 aromatic heterocycles. The van der Waals surface area contributed by atoms with Crippen molar-refractivity contribution in [2.24, 2.45) is 0 Å². The number of benzene rings is 2. The van der Waals surface area contributed by atoms with Gasteiger partial charge in [0.1, 0.15) is 6.04 Å². The molecule has 0 bridgehead atoms. The molecule has 1 fully saturated rings. The maximum atomic E-state index is 12.8. The van der Waals surface area contributed by atoms with Crippen LogP contribution in [0.5, 0.6) is 0 Å². The SMILES string of the molecule is O=C1CCN(Cc2ccccc2)C(=O)[C@@H](CCc2ccccc2)N1. The van der Waals surface area contributed by atoms with Crippen molar-refractivity contribution in [3.63, 3.8) is 0 Å². The Morgan fingerprint density at radius 2 is 1.54 bits per heavy atom. The third kappa shape index (κ3) is 4.22. The minimum absolute atomic E-state index is 0.0145. The Hall–Kier alpha value is -2.62. The highest BCUT2D eigenvalue weighted by molar-refractivity contribution is 5.89. The molecule has 24 heavy (non-hydrogen) atoms. The topological polar surface area (TPSA) is 49.4 Å². The Labute approximate surface area is 142 Å². The average molecular weight is 322 g/mol. The van der Waals surface area contributed by atoms with Gasteiger partial charge >= 0.3 is 0 Å². The van der Waals surface area contributed by atoms with Crippen molar-refractivity contribution in [1.29, 1.82) is 0 Å². The molecule has 1 aliphatic rings. The fourth-order valence-corrected chi connectivity index (χ4v) is 3.01. The van der Waals surface area contributed by atoms with Crippen molar-refractivity contribution in [3.8, 4) is 0 Å². The molecule has 0 unspecified atom stereocenters. The first kappa shape index (κ1) is 16.2. The lowest BCUT2D eigenvalue weighted by atomic mass is 10.0. The second-order valence-corrected chi connectivity index (χ2v) is 6.14. The molecule has 3 rings (SSSR count). The number of amides is 2. The lowest BCUT2D eigenvalue weighted by molar-refractivity contribution is -0.134. The molecule has 1 aliphatic heterocycles. The summed E-state index contributed by atoms with van der Waals surface area (Å²) in [7, 11) is 0. The predicted octanol–water partition coefficient (Wildman–Crippen LogP) is 2.54. The quantitative estimate of drug-likeness (QED) is 0.919. The van der Waals surface area contributed by atoms with Gasteiger partial charge in [0.25, 0.3) is 0 Å². The highest BCUT2D eigenvalue weighted by Gasteiger charge is 2.29. The van der Waals surface area contributed by atoms with Crippen molar-refractivity contribution in [3.05, 3.63) is 71.8 Å². The Balaban J connectivity index is 1.68. The van der Waals surface area contributed by atoms with Crippen molar-refractivity contribution < 1.29 is 9.59 Å². The molecule has 1 saturated heterocycles. The molecule has 1 atom stereocenters. The third-order valence-corrected chi connectivity index (χ3v) is 4.33. The smallest absolute Gasteiger partial charge is 0.245 e. The van der Waals surface area contributed by atoms with E-state index in [9.17, 15) is 9.59 Å². The van der Waals surface area contributed by atoms with Gasteiger partial charge in [0.2, 0.25) is 11.8 Å². The zero-order valence-electron chi connectivity index (χ0n) is 13.7. The summed E-state index contributed by atoms with van der Waals surface area (Å²) in [6, 6.07) is 19.5. The van der Waals surface area contributed by atoms with Gasteiger partial charge in [-0.05, 0) is 24.0 Å². The Kier molecular flexibility index (Phi) is 5.26. The van der Waals surface area contributed by atoms with E-state index in [1.807, 2.05) is 60.7 Å². The van der Waals surface area contributed by atoms with Gasteiger partial charge in [-0.3, -0.25) is 9.59 Å². The second kappa shape index (κ2) is 7.77. The van der Waals surface area contributed by atoms with Gasteiger partial charge in [-0.25, -0.2) is 0 Å². The van der Waals surface area contributed by atoms with Gasteiger partial charge in [-0.15, -0.1) is 0 Å². The van der Waals surface area contributed by atoms with Crippen LogP contribution in [0.1, 0.15) is 24.0 Å². The van der Waals surface area contributed by atoms with Crippen LogP contribution in [0, 0.1) is 0 Å². The van der Waals surface area contributed by atoms with Crippen LogP contribution in [0.2, 0.25) is 0 Å². The highest BCUT2D eigenvalue weighted by atomic mass is 16.2. The van der Waals surface area contributed by atoms with Gasteiger partial charge < -0.3 is 10.2 Å². The minimum Gasteiger partial charge on any atom is -0.344 e. The number of hydrogen-bond donors (Lipinski definition) is 1. The predicted molar refractivity (Wildman–Crippen MR) is 93.2 cm³/mol. The number of nitrogens with one attached hydrogen (secondary N) is 1. The van der Waals surface area contributed by atoms with Crippen molar-refractivity contribution in [1.82, 2.24) is 10.2 Å². The van der Waals surface area contributed by atoms with Crippen LogP contribution in [0.3, 0.4) is 0 Å². The van der Waals surface area contributed by atoms with E-state index >= 15 is 0 Å². The number of aryl methyl sites for hydroxylation is 1. The van der Waals surface area contributed by atoms with E-state index in [0.29, 0.717) is 25.9 Å². The molecule has 2 aromatic carbocycles. The molecule has 1 heterocycles. The second-order valence-electron chi connectivity index (χ2n) is 6.14. The van der Waals surface area contributed by atoms with Crippen LogP contribution in [-0.4, -0.2) is 29.3 Å². The Morgan fingerprint density at radius 1 is 0.917 bits per heavy atom. The van der Waals surface area contributed by atoms with Crippen molar-refractivity contribution in [2.45, 2.75) is 31.8 Å². The number of hydrogen-bond acceptors (Lipinski definition) is 2. The van der Waals surface area contributed by atoms with E-state index in [1.54, 1.807) is 4.90 Å². The fraction of sp³-hybridized carbons (Fsp3) is 0.300. The molecule has 0 radical (unpaired) electrons.